The summed E-state index contributed by atoms with van der Waals surface area (Å²) in [4.78, 5) is 59.5. The minimum absolute atomic E-state index is 0.149. The molecular weight excluding hydrogens is 1060 g/mol. The third-order valence-corrected chi connectivity index (χ3v) is 14.8. The Kier molecular flexibility index (Phi) is 18.8. The van der Waals surface area contributed by atoms with E-state index >= 15 is 8.78 Å². The Bertz CT molecular complexity index is 2950. The number of rotatable bonds is 18. The van der Waals surface area contributed by atoms with Gasteiger partial charge in [0.25, 0.3) is 5.91 Å². The van der Waals surface area contributed by atoms with Crippen LogP contribution < -0.4 is 26.3 Å². The minimum atomic E-state index is -5.11. The average molecular weight is 1120 g/mol. The Morgan fingerprint density at radius 1 is 0.833 bits per heavy atom. The van der Waals surface area contributed by atoms with Crippen LogP contribution in [0.3, 0.4) is 0 Å². The molecule has 27 heteroatoms. The van der Waals surface area contributed by atoms with Crippen LogP contribution in [0.5, 0.6) is 0 Å². The van der Waals surface area contributed by atoms with Gasteiger partial charge in [0.05, 0.1) is 43.7 Å². The van der Waals surface area contributed by atoms with Gasteiger partial charge in [0, 0.05) is 72.9 Å². The molecule has 4 aromatic rings. The summed E-state index contributed by atoms with van der Waals surface area (Å²) in [7, 11) is -1.45. The largest absolute Gasteiger partial charge is 0.453 e. The summed E-state index contributed by atoms with van der Waals surface area (Å²) in [6.07, 6.45) is -4.64. The van der Waals surface area contributed by atoms with Gasteiger partial charge >= 0.3 is 24.9 Å². The van der Waals surface area contributed by atoms with Gasteiger partial charge in [-0.25, -0.2) is 41.5 Å². The van der Waals surface area contributed by atoms with Crippen molar-refractivity contribution in [2.45, 2.75) is 109 Å². The van der Waals surface area contributed by atoms with Gasteiger partial charge in [-0.05, 0) is 86.6 Å². The molecule has 0 spiro atoms. The number of halogens is 7. The molecule has 2 bridgehead atoms. The number of aromatic nitrogens is 3. The Morgan fingerprint density at radius 2 is 1.40 bits per heavy atom. The molecule has 2 aliphatic heterocycles. The normalized spacial score (nSPS) is 17.6. The number of aliphatic hydroxyl groups is 1. The van der Waals surface area contributed by atoms with Crippen LogP contribution in [0, 0.1) is 34.3 Å². The van der Waals surface area contributed by atoms with E-state index in [1.54, 1.807) is 67.7 Å². The summed E-state index contributed by atoms with van der Waals surface area (Å²) in [6, 6.07) is 6.81. The van der Waals surface area contributed by atoms with Crippen LogP contribution in [0.15, 0.2) is 67.0 Å². The van der Waals surface area contributed by atoms with E-state index in [1.807, 2.05) is 10.2 Å². The van der Waals surface area contributed by atoms with Gasteiger partial charge in [-0.1, -0.05) is 44.7 Å². The van der Waals surface area contributed by atoms with Crippen LogP contribution in [0.1, 0.15) is 76.3 Å². The predicted molar refractivity (Wildman–Crippen MR) is 269 cm³/mol. The molecule has 4 amide bonds. The average Bonchev–Trinajstić information content (AvgIpc) is 4.04. The number of nitrogens with one attached hydrogen (secondary N) is 4. The first-order chi connectivity index (χ1) is 36.4. The quantitative estimate of drug-likeness (QED) is 0.0463. The fourth-order valence-electron chi connectivity index (χ4n) is 9.09. The van der Waals surface area contributed by atoms with Crippen molar-refractivity contribution in [2.24, 2.45) is 10.8 Å². The Hall–Kier alpha value is -7.02. The lowest BCUT2D eigenvalue weighted by atomic mass is 9.82. The highest BCUT2D eigenvalue weighted by molar-refractivity contribution is 7.88. The van der Waals surface area contributed by atoms with Gasteiger partial charge in [0.2, 0.25) is 15.9 Å². The summed E-state index contributed by atoms with van der Waals surface area (Å²) < 4.78 is 138. The number of carbonyl (C=O) groups is 4. The molecule has 2 saturated heterocycles. The van der Waals surface area contributed by atoms with Crippen molar-refractivity contribution in [3.63, 3.8) is 0 Å². The standard InChI is InChI=1S/C51H61F7N10O9S/c1-49(2,3)42(61-47(72)76-6)45(71)64-66(27-35-36(52)22-32(23-37(35)53)38-19-20-67(63-38)46(54)55)28-40(69)39(60-44(70)43(62-48(73)77-7)50(4,5)51(56,57)58)21-30-12-9-29(10-13-30)11-14-31-15-18-41(59-24-31)65-25-33-16-17-34(26-65)68(33)78(8,74)75/h9-10,12-13,15,18-20,22-24,33-34,39-40,42-43,46,69H,16-17,21,25-28H2,1-8H3,(H,60,70)(H,61,72)(H,62,73)(H,64,71)/t33?,34?,39-,40-,42+,43+/m0/s1. The number of sulfonamides is 1. The molecule has 5 N–H and O–H groups in total. The molecule has 78 heavy (non-hydrogen) atoms. The number of nitrogens with zero attached hydrogens (tertiary/aromatic N) is 6. The van der Waals surface area contributed by atoms with Crippen molar-refractivity contribution in [2.75, 3.05) is 45.0 Å². The fourth-order valence-corrected chi connectivity index (χ4v) is 10.5. The number of aliphatic hydroxyl groups excluding tert-OH is 1. The number of ether oxygens (including phenoxy) is 2. The van der Waals surface area contributed by atoms with E-state index in [0.29, 0.717) is 49.4 Å². The zero-order chi connectivity index (χ0) is 57.7. The monoisotopic (exact) mass is 1120 g/mol. The maximum atomic E-state index is 16.0. The lowest BCUT2D eigenvalue weighted by Gasteiger charge is -2.40. The number of alkyl halides is 5. The van der Waals surface area contributed by atoms with Gasteiger partial charge in [-0.15, -0.1) is 0 Å². The number of methoxy groups -OCH3 is 2. The molecule has 424 valence electrons. The topological polar surface area (TPSA) is 230 Å². The number of alkyl carbamates (subject to hydrolysis) is 2. The first-order valence-electron chi connectivity index (χ1n) is 24.3. The SMILES string of the molecule is COC(=O)N[C@H](C(=O)NN(Cc1c(F)cc(-c2ccn(C(F)F)n2)cc1F)C[C@H](O)[C@H](Cc1ccc(C#Cc2ccc(N3CC4CCC(C3)N4S(C)(=O)=O)nc2)cc1)NC(=O)[C@@H](NC(=O)OC)C(C)(C)C(F)(F)F)C(C)(C)C. The van der Waals surface area contributed by atoms with Crippen LogP contribution in [0.25, 0.3) is 11.3 Å². The Labute approximate surface area is 446 Å². The Morgan fingerprint density at radius 3 is 1.90 bits per heavy atom. The van der Waals surface area contributed by atoms with Crippen molar-refractivity contribution in [3.8, 4) is 23.1 Å². The lowest BCUT2D eigenvalue weighted by molar-refractivity contribution is -0.220. The molecule has 6 atom stereocenters. The maximum absolute atomic E-state index is 16.0. The van der Waals surface area contributed by atoms with Crippen LogP contribution in [0.4, 0.5) is 46.1 Å². The van der Waals surface area contributed by atoms with Crippen LogP contribution >= 0.6 is 0 Å². The summed E-state index contributed by atoms with van der Waals surface area (Å²) in [5, 5.41) is 23.3. The second kappa shape index (κ2) is 24.3. The molecule has 19 nitrogen and oxygen atoms in total. The van der Waals surface area contributed by atoms with Crippen molar-refractivity contribution in [3.05, 3.63) is 101 Å². The first kappa shape index (κ1) is 60.2. The summed E-state index contributed by atoms with van der Waals surface area (Å²) in [5.41, 5.74) is -1.39. The van der Waals surface area contributed by atoms with Crippen LogP contribution in [-0.2, 0) is 42.1 Å². The van der Waals surface area contributed by atoms with Gasteiger partial charge in [0.1, 0.15) is 29.5 Å². The van der Waals surface area contributed by atoms with Gasteiger partial charge in [-0.3, -0.25) is 15.0 Å². The highest BCUT2D eigenvalue weighted by Crippen LogP contribution is 2.41. The zero-order valence-corrected chi connectivity index (χ0v) is 44.6. The third-order valence-electron chi connectivity index (χ3n) is 13.4. The highest BCUT2D eigenvalue weighted by Gasteiger charge is 2.56. The molecule has 2 fully saturated rings. The van der Waals surface area contributed by atoms with Crippen molar-refractivity contribution >= 4 is 39.8 Å². The lowest BCUT2D eigenvalue weighted by Crippen LogP contribution is -2.63. The summed E-state index contributed by atoms with van der Waals surface area (Å²) in [5.74, 6) is 1.74. The van der Waals surface area contributed by atoms with Crippen LogP contribution in [0.2, 0.25) is 0 Å². The number of benzene rings is 2. The third kappa shape index (κ3) is 14.8. The van der Waals surface area contributed by atoms with Crippen molar-refractivity contribution < 1.29 is 72.9 Å². The van der Waals surface area contributed by atoms with Gasteiger partial charge in [-0.2, -0.15) is 31.4 Å². The Balaban J connectivity index is 1.30. The minimum Gasteiger partial charge on any atom is -0.453 e. The van der Waals surface area contributed by atoms with E-state index in [4.69, 9.17) is 0 Å². The summed E-state index contributed by atoms with van der Waals surface area (Å²) in [6.45, 7) is 2.20. The molecule has 2 aromatic heterocycles. The van der Waals surface area contributed by atoms with E-state index in [-0.39, 0.29) is 34.4 Å². The smallest absolute Gasteiger partial charge is 0.407 e. The molecule has 2 aliphatic rings. The van der Waals surface area contributed by atoms with E-state index < -0.39 is 112 Å². The number of anilines is 1. The van der Waals surface area contributed by atoms with E-state index in [0.717, 1.165) is 56.5 Å². The number of hydrogen-bond acceptors (Lipinski definition) is 13. The van der Waals surface area contributed by atoms with E-state index in [2.05, 4.69) is 47.5 Å². The van der Waals surface area contributed by atoms with Crippen LogP contribution in [-0.4, -0.2) is 144 Å². The number of fused-ring (bicyclic) bond motifs is 2. The molecule has 0 radical (unpaired) electrons. The summed E-state index contributed by atoms with van der Waals surface area (Å²) >= 11 is 0. The number of amides is 4. The second-order valence-corrected chi connectivity index (χ2v) is 22.5. The van der Waals surface area contributed by atoms with Crippen molar-refractivity contribution in [1.29, 1.82) is 0 Å². The number of piperazine rings is 1. The highest BCUT2D eigenvalue weighted by atomic mass is 32.2. The molecule has 0 aliphatic carbocycles. The zero-order valence-electron chi connectivity index (χ0n) is 43.8. The molecule has 6 rings (SSSR count). The molecular formula is C51H61F7N10O9S. The van der Waals surface area contributed by atoms with E-state index in [1.165, 1.54) is 6.26 Å². The second-order valence-electron chi connectivity index (χ2n) is 20.6. The van der Waals surface area contributed by atoms with Crippen molar-refractivity contribution in [1.82, 2.24) is 45.5 Å². The molecule has 2 unspecified atom stereocenters. The van der Waals surface area contributed by atoms with Gasteiger partial charge < -0.3 is 35.4 Å². The molecule has 2 aromatic carbocycles. The number of carbonyl (C=O) groups excluding carboxylic acids is 4. The predicted octanol–water partition coefficient (Wildman–Crippen LogP) is 5.64. The fraction of sp³-hybridized carbons (Fsp3) is 0.490. The van der Waals surface area contributed by atoms with Gasteiger partial charge in [0.15, 0.2) is 0 Å². The van der Waals surface area contributed by atoms with E-state index in [9.17, 15) is 54.7 Å². The molecule has 4 heterocycles. The molecule has 0 saturated carbocycles. The number of hydrogen-bond donors (Lipinski definition) is 5. The number of pyridine rings is 1. The number of hydrazine groups is 1. The first-order valence-corrected chi connectivity index (χ1v) is 26.2. The maximum Gasteiger partial charge on any atom is 0.407 e.